The van der Waals surface area contributed by atoms with Gasteiger partial charge in [0.25, 0.3) is 0 Å². The Morgan fingerprint density at radius 3 is 2.67 bits per heavy atom. The predicted octanol–water partition coefficient (Wildman–Crippen LogP) is 2.79. The molecular formula is C16H19BrN2O2. The van der Waals surface area contributed by atoms with Gasteiger partial charge in [-0.1, -0.05) is 6.07 Å². The molecule has 2 amide bonds. The average Bonchev–Trinajstić information content (AvgIpc) is 2.85. The Hall–Kier alpha value is -1.36. The van der Waals surface area contributed by atoms with Crippen molar-refractivity contribution >= 4 is 33.4 Å². The Labute approximate surface area is 133 Å². The minimum absolute atomic E-state index is 0.0611. The summed E-state index contributed by atoms with van der Waals surface area (Å²) in [5.74, 6) is 0.167. The van der Waals surface area contributed by atoms with Gasteiger partial charge >= 0.3 is 0 Å². The third-order valence-corrected chi connectivity index (χ3v) is 4.95. The first kappa shape index (κ1) is 14.6. The number of carbonyl (C=O) groups is 2. The van der Waals surface area contributed by atoms with Crippen LogP contribution in [0, 0.1) is 13.8 Å². The molecule has 0 radical (unpaired) electrons. The second-order valence-corrected chi connectivity index (χ2v) is 6.75. The lowest BCUT2D eigenvalue weighted by atomic mass is 10.1. The Bertz CT molecular complexity index is 591. The molecule has 2 aliphatic rings. The van der Waals surface area contributed by atoms with Gasteiger partial charge in [0, 0.05) is 24.0 Å². The molecule has 0 N–H and O–H groups in total. The van der Waals surface area contributed by atoms with Crippen molar-refractivity contribution in [1.82, 2.24) is 4.90 Å². The first-order chi connectivity index (χ1) is 9.99. The van der Waals surface area contributed by atoms with Gasteiger partial charge in [-0.25, -0.2) is 0 Å². The normalized spacial score (nSPS) is 22.5. The molecule has 4 nitrogen and oxygen atoms in total. The fourth-order valence-electron chi connectivity index (χ4n) is 3.44. The summed E-state index contributed by atoms with van der Waals surface area (Å²) in [6.45, 7) is 5.23. The summed E-state index contributed by atoms with van der Waals surface area (Å²) < 4.78 is 0.923. The Kier molecular flexibility index (Phi) is 3.78. The van der Waals surface area contributed by atoms with Crippen LogP contribution in [0.15, 0.2) is 16.6 Å². The lowest BCUT2D eigenvalue weighted by Gasteiger charge is -2.27. The van der Waals surface area contributed by atoms with Crippen LogP contribution >= 0.6 is 15.9 Å². The number of carbonyl (C=O) groups excluding carboxylic acids is 2. The van der Waals surface area contributed by atoms with E-state index in [1.165, 1.54) is 0 Å². The number of hydrogen-bond acceptors (Lipinski definition) is 2. The summed E-state index contributed by atoms with van der Waals surface area (Å²) in [5, 5.41) is 0. The van der Waals surface area contributed by atoms with Gasteiger partial charge in [0.2, 0.25) is 11.8 Å². The van der Waals surface area contributed by atoms with Crippen LogP contribution in [0.4, 0.5) is 5.69 Å². The zero-order chi connectivity index (χ0) is 15.1. The van der Waals surface area contributed by atoms with Crippen molar-refractivity contribution in [3.05, 3.63) is 27.7 Å². The molecule has 0 aromatic heterocycles. The second-order valence-electron chi connectivity index (χ2n) is 5.90. The Morgan fingerprint density at radius 1 is 1.19 bits per heavy atom. The van der Waals surface area contributed by atoms with Gasteiger partial charge in [0.1, 0.15) is 6.04 Å². The van der Waals surface area contributed by atoms with Crippen LogP contribution in [0.2, 0.25) is 0 Å². The van der Waals surface area contributed by atoms with E-state index in [0.717, 1.165) is 40.7 Å². The van der Waals surface area contributed by atoms with E-state index in [1.54, 1.807) is 9.80 Å². The molecule has 112 valence electrons. The number of halogens is 1. The van der Waals surface area contributed by atoms with Crippen molar-refractivity contribution in [1.29, 1.82) is 0 Å². The highest BCUT2D eigenvalue weighted by molar-refractivity contribution is 9.10. The molecule has 2 heterocycles. The molecular weight excluding hydrogens is 332 g/mol. The lowest BCUT2D eigenvalue weighted by molar-refractivity contribution is -0.135. The van der Waals surface area contributed by atoms with Gasteiger partial charge in [-0.2, -0.15) is 0 Å². The van der Waals surface area contributed by atoms with E-state index in [4.69, 9.17) is 0 Å². The van der Waals surface area contributed by atoms with Crippen molar-refractivity contribution < 1.29 is 9.59 Å². The van der Waals surface area contributed by atoms with Crippen LogP contribution in [0.5, 0.6) is 0 Å². The first-order valence-electron chi connectivity index (χ1n) is 7.36. The smallest absolute Gasteiger partial charge is 0.249 e. The highest BCUT2D eigenvalue weighted by Crippen LogP contribution is 2.34. The van der Waals surface area contributed by atoms with Crippen LogP contribution in [0.1, 0.15) is 30.4 Å². The zero-order valence-corrected chi connectivity index (χ0v) is 13.9. The summed E-state index contributed by atoms with van der Waals surface area (Å²) in [6, 6.07) is 3.83. The maximum atomic E-state index is 12.9. The summed E-state index contributed by atoms with van der Waals surface area (Å²) >= 11 is 3.58. The SMILES string of the molecule is Cc1cc(C)c(N2CCC(=O)N3CCCC3C2=O)c(Br)c1. The third kappa shape index (κ3) is 2.48. The molecule has 2 aliphatic heterocycles. The topological polar surface area (TPSA) is 40.6 Å². The van der Waals surface area contributed by atoms with E-state index >= 15 is 0 Å². The number of nitrogens with zero attached hydrogens (tertiary/aromatic N) is 2. The lowest BCUT2D eigenvalue weighted by Crippen LogP contribution is -2.44. The average molecular weight is 351 g/mol. The number of hydrogen-bond donors (Lipinski definition) is 0. The molecule has 1 unspecified atom stereocenters. The van der Waals surface area contributed by atoms with Gasteiger partial charge < -0.3 is 9.80 Å². The fraction of sp³-hybridized carbons (Fsp3) is 0.500. The van der Waals surface area contributed by atoms with E-state index in [2.05, 4.69) is 22.0 Å². The molecule has 3 rings (SSSR count). The van der Waals surface area contributed by atoms with Gasteiger partial charge in [-0.15, -0.1) is 0 Å². The molecule has 0 saturated carbocycles. The second kappa shape index (κ2) is 5.44. The van der Waals surface area contributed by atoms with E-state index in [-0.39, 0.29) is 17.9 Å². The zero-order valence-electron chi connectivity index (χ0n) is 12.4. The minimum Gasteiger partial charge on any atom is -0.331 e. The van der Waals surface area contributed by atoms with E-state index in [0.29, 0.717) is 13.0 Å². The molecule has 5 heteroatoms. The van der Waals surface area contributed by atoms with Crippen LogP contribution < -0.4 is 4.90 Å². The molecule has 1 atom stereocenters. The fourth-order valence-corrected chi connectivity index (χ4v) is 4.32. The molecule has 2 fully saturated rings. The summed E-state index contributed by atoms with van der Waals surface area (Å²) in [6.07, 6.45) is 2.11. The summed E-state index contributed by atoms with van der Waals surface area (Å²) in [4.78, 5) is 28.6. The molecule has 0 bridgehead atoms. The van der Waals surface area contributed by atoms with Gasteiger partial charge in [0.15, 0.2) is 0 Å². The van der Waals surface area contributed by atoms with E-state index in [9.17, 15) is 9.59 Å². The third-order valence-electron chi connectivity index (χ3n) is 4.34. The van der Waals surface area contributed by atoms with Crippen LogP contribution in [-0.4, -0.2) is 35.8 Å². The van der Waals surface area contributed by atoms with Crippen LogP contribution in [-0.2, 0) is 9.59 Å². The maximum Gasteiger partial charge on any atom is 0.249 e. The number of amides is 2. The minimum atomic E-state index is -0.271. The van der Waals surface area contributed by atoms with Crippen molar-refractivity contribution in [2.24, 2.45) is 0 Å². The van der Waals surface area contributed by atoms with Crippen LogP contribution in [0.3, 0.4) is 0 Å². The Balaban J connectivity index is 2.02. The van der Waals surface area contributed by atoms with Crippen molar-refractivity contribution in [3.8, 4) is 0 Å². The van der Waals surface area contributed by atoms with Crippen LogP contribution in [0.25, 0.3) is 0 Å². The number of fused-ring (bicyclic) bond motifs is 1. The number of benzene rings is 1. The predicted molar refractivity (Wildman–Crippen MR) is 85.3 cm³/mol. The van der Waals surface area contributed by atoms with E-state index in [1.807, 2.05) is 19.9 Å². The number of rotatable bonds is 1. The van der Waals surface area contributed by atoms with E-state index < -0.39 is 0 Å². The summed E-state index contributed by atoms with van der Waals surface area (Å²) in [7, 11) is 0. The molecule has 0 spiro atoms. The molecule has 0 aliphatic carbocycles. The molecule has 21 heavy (non-hydrogen) atoms. The van der Waals surface area contributed by atoms with Gasteiger partial charge in [0.05, 0.1) is 5.69 Å². The highest BCUT2D eigenvalue weighted by atomic mass is 79.9. The quantitative estimate of drug-likeness (QED) is 0.781. The Morgan fingerprint density at radius 2 is 1.95 bits per heavy atom. The maximum absolute atomic E-state index is 12.9. The standard InChI is InChI=1S/C16H19BrN2O2/c1-10-8-11(2)15(12(17)9-10)19-7-5-14(20)18-6-3-4-13(18)16(19)21/h8-9,13H,3-7H2,1-2H3. The molecule has 2 saturated heterocycles. The van der Waals surface area contributed by atoms with Crippen molar-refractivity contribution in [3.63, 3.8) is 0 Å². The molecule has 1 aromatic carbocycles. The summed E-state index contributed by atoms with van der Waals surface area (Å²) in [5.41, 5.74) is 3.13. The highest BCUT2D eigenvalue weighted by Gasteiger charge is 2.40. The molecule has 1 aromatic rings. The largest absolute Gasteiger partial charge is 0.331 e. The van der Waals surface area contributed by atoms with Crippen molar-refractivity contribution in [2.45, 2.75) is 39.2 Å². The number of aryl methyl sites for hydroxylation is 2. The van der Waals surface area contributed by atoms with Gasteiger partial charge in [-0.3, -0.25) is 9.59 Å². The van der Waals surface area contributed by atoms with Gasteiger partial charge in [-0.05, 0) is 59.8 Å². The van der Waals surface area contributed by atoms with Crippen molar-refractivity contribution in [2.75, 3.05) is 18.0 Å². The number of anilines is 1. The monoisotopic (exact) mass is 350 g/mol. The first-order valence-corrected chi connectivity index (χ1v) is 8.16.